The molecule has 1 aromatic heterocycles. The zero-order valence-corrected chi connectivity index (χ0v) is 9.41. The lowest BCUT2D eigenvalue weighted by atomic mass is 10.2. The molecule has 0 fully saturated rings. The van der Waals surface area contributed by atoms with Crippen molar-refractivity contribution >= 4 is 10.9 Å². The van der Waals surface area contributed by atoms with E-state index in [4.69, 9.17) is 0 Å². The van der Waals surface area contributed by atoms with Crippen LogP contribution in [0, 0.1) is 6.92 Å². The normalized spacial score (nSPS) is 9.71. The molecule has 0 radical (unpaired) electrons. The van der Waals surface area contributed by atoms with Crippen LogP contribution in [0.5, 0.6) is 0 Å². The van der Waals surface area contributed by atoms with Crippen molar-refractivity contribution in [3.05, 3.63) is 30.0 Å². The third-order valence-electron chi connectivity index (χ3n) is 1.90. The average molecular weight is 190 g/mol. The first-order valence-electron chi connectivity index (χ1n) is 5.07. The smallest absolute Gasteiger partial charge is 0.0679 e. The van der Waals surface area contributed by atoms with Gasteiger partial charge in [-0.05, 0) is 19.1 Å². The number of aryl methyl sites for hydroxylation is 2. The molecule has 0 amide bonds. The first-order valence-corrected chi connectivity index (χ1v) is 5.07. The van der Waals surface area contributed by atoms with E-state index in [1.807, 2.05) is 17.9 Å². The molecule has 0 aliphatic carbocycles. The highest BCUT2D eigenvalue weighted by Crippen LogP contribution is 2.13. The monoisotopic (exact) mass is 190 g/mol. The maximum absolute atomic E-state index is 4.15. The largest absolute Gasteiger partial charge is 0.268 e. The molecule has 0 aliphatic rings. The van der Waals surface area contributed by atoms with Gasteiger partial charge in [-0.1, -0.05) is 31.9 Å². The highest BCUT2D eigenvalue weighted by atomic mass is 15.2. The van der Waals surface area contributed by atoms with Gasteiger partial charge in [0.15, 0.2) is 0 Å². The van der Waals surface area contributed by atoms with Gasteiger partial charge in [0, 0.05) is 12.4 Å². The number of fused-ring (bicyclic) bond motifs is 1. The van der Waals surface area contributed by atoms with Crippen molar-refractivity contribution in [2.45, 2.75) is 27.2 Å². The van der Waals surface area contributed by atoms with Gasteiger partial charge in [0.2, 0.25) is 0 Å². The van der Waals surface area contributed by atoms with Gasteiger partial charge in [-0.15, -0.1) is 0 Å². The van der Waals surface area contributed by atoms with E-state index < -0.39 is 0 Å². The summed E-state index contributed by atoms with van der Waals surface area (Å²) in [5, 5.41) is 5.37. The SMILES string of the molecule is CCC.Cc1ccc2c(cnn2C)c1. The number of aromatic nitrogens is 2. The van der Waals surface area contributed by atoms with Crippen LogP contribution in [0.1, 0.15) is 25.8 Å². The quantitative estimate of drug-likeness (QED) is 0.623. The van der Waals surface area contributed by atoms with Crippen molar-refractivity contribution in [3.8, 4) is 0 Å². The first-order chi connectivity index (χ1) is 6.69. The van der Waals surface area contributed by atoms with Gasteiger partial charge in [0.25, 0.3) is 0 Å². The summed E-state index contributed by atoms with van der Waals surface area (Å²) in [6, 6.07) is 6.34. The van der Waals surface area contributed by atoms with E-state index >= 15 is 0 Å². The fourth-order valence-corrected chi connectivity index (χ4v) is 1.28. The van der Waals surface area contributed by atoms with Crippen LogP contribution in [0.2, 0.25) is 0 Å². The fourth-order valence-electron chi connectivity index (χ4n) is 1.28. The first kappa shape index (κ1) is 10.8. The Labute approximate surface area is 85.6 Å². The van der Waals surface area contributed by atoms with Gasteiger partial charge in [0.05, 0.1) is 11.7 Å². The minimum absolute atomic E-state index is 1.19. The van der Waals surface area contributed by atoms with Gasteiger partial charge in [-0.25, -0.2) is 0 Å². The van der Waals surface area contributed by atoms with Crippen LogP contribution < -0.4 is 0 Å². The molecule has 2 rings (SSSR count). The number of nitrogens with zero attached hydrogens (tertiary/aromatic N) is 2. The molecule has 0 bridgehead atoms. The van der Waals surface area contributed by atoms with Gasteiger partial charge in [-0.3, -0.25) is 4.68 Å². The lowest BCUT2D eigenvalue weighted by Gasteiger charge is -1.93. The second-order valence-corrected chi connectivity index (χ2v) is 3.54. The van der Waals surface area contributed by atoms with Crippen LogP contribution in [0.25, 0.3) is 10.9 Å². The Kier molecular flexibility index (Phi) is 3.69. The Hall–Kier alpha value is -1.31. The van der Waals surface area contributed by atoms with E-state index in [9.17, 15) is 0 Å². The molecule has 0 unspecified atom stereocenters. The lowest BCUT2D eigenvalue weighted by Crippen LogP contribution is -1.87. The zero-order chi connectivity index (χ0) is 10.6. The molecule has 0 spiro atoms. The molecule has 0 N–H and O–H groups in total. The molecule has 2 heteroatoms. The second kappa shape index (κ2) is 4.80. The zero-order valence-electron chi connectivity index (χ0n) is 9.41. The van der Waals surface area contributed by atoms with Crippen LogP contribution in [0.4, 0.5) is 0 Å². The molecule has 2 aromatic rings. The molecule has 0 saturated heterocycles. The summed E-state index contributed by atoms with van der Waals surface area (Å²) in [7, 11) is 1.96. The number of rotatable bonds is 0. The van der Waals surface area contributed by atoms with Crippen molar-refractivity contribution in [1.82, 2.24) is 9.78 Å². The highest BCUT2D eigenvalue weighted by Gasteiger charge is 1.96. The number of benzene rings is 1. The van der Waals surface area contributed by atoms with Crippen LogP contribution in [-0.2, 0) is 7.05 Å². The van der Waals surface area contributed by atoms with E-state index in [-0.39, 0.29) is 0 Å². The number of hydrogen-bond donors (Lipinski definition) is 0. The third-order valence-corrected chi connectivity index (χ3v) is 1.90. The van der Waals surface area contributed by atoms with E-state index in [2.05, 4.69) is 44.1 Å². The summed E-state index contributed by atoms with van der Waals surface area (Å²) in [6.45, 7) is 6.34. The summed E-state index contributed by atoms with van der Waals surface area (Å²) in [6.07, 6.45) is 3.14. The Morgan fingerprint density at radius 3 is 2.57 bits per heavy atom. The third kappa shape index (κ3) is 2.34. The van der Waals surface area contributed by atoms with Crippen molar-refractivity contribution in [2.75, 3.05) is 0 Å². The predicted molar refractivity (Wildman–Crippen MR) is 61.4 cm³/mol. The predicted octanol–water partition coefficient (Wildman–Crippen LogP) is 3.30. The average Bonchev–Trinajstić information content (AvgIpc) is 2.49. The lowest BCUT2D eigenvalue weighted by molar-refractivity contribution is 0.797. The van der Waals surface area contributed by atoms with Gasteiger partial charge >= 0.3 is 0 Å². The van der Waals surface area contributed by atoms with E-state index in [0.717, 1.165) is 0 Å². The Morgan fingerprint density at radius 2 is 1.93 bits per heavy atom. The topological polar surface area (TPSA) is 17.8 Å². The van der Waals surface area contributed by atoms with Crippen LogP contribution in [-0.4, -0.2) is 9.78 Å². The van der Waals surface area contributed by atoms with Gasteiger partial charge in [0.1, 0.15) is 0 Å². The van der Waals surface area contributed by atoms with E-state index in [1.54, 1.807) is 0 Å². The van der Waals surface area contributed by atoms with Crippen LogP contribution in [0.3, 0.4) is 0 Å². The fraction of sp³-hybridized carbons (Fsp3) is 0.417. The summed E-state index contributed by atoms with van der Waals surface area (Å²) in [4.78, 5) is 0. The maximum Gasteiger partial charge on any atom is 0.0679 e. The van der Waals surface area contributed by atoms with Crippen molar-refractivity contribution in [3.63, 3.8) is 0 Å². The van der Waals surface area contributed by atoms with Crippen LogP contribution >= 0.6 is 0 Å². The molecule has 76 valence electrons. The molecule has 0 atom stereocenters. The summed E-state index contributed by atoms with van der Waals surface area (Å²) in [5.41, 5.74) is 2.47. The minimum atomic E-state index is 1.19. The standard InChI is InChI=1S/C9H10N2.C3H8/c1-7-3-4-9-8(5-7)6-10-11(9)2;1-3-2/h3-6H,1-2H3;3H2,1-2H3. The molecule has 0 aliphatic heterocycles. The summed E-state index contributed by atoms with van der Waals surface area (Å²) in [5.74, 6) is 0. The van der Waals surface area contributed by atoms with Crippen LogP contribution in [0.15, 0.2) is 24.4 Å². The summed E-state index contributed by atoms with van der Waals surface area (Å²) >= 11 is 0. The molecule has 0 saturated carbocycles. The minimum Gasteiger partial charge on any atom is -0.268 e. The molecule has 14 heavy (non-hydrogen) atoms. The van der Waals surface area contributed by atoms with Crippen molar-refractivity contribution < 1.29 is 0 Å². The Morgan fingerprint density at radius 1 is 1.29 bits per heavy atom. The molecular weight excluding hydrogens is 172 g/mol. The van der Waals surface area contributed by atoms with Crippen molar-refractivity contribution in [1.29, 1.82) is 0 Å². The Bertz CT molecular complexity index is 402. The molecule has 2 nitrogen and oxygen atoms in total. The molecule has 1 aromatic carbocycles. The van der Waals surface area contributed by atoms with E-state index in [0.29, 0.717) is 0 Å². The number of hydrogen-bond acceptors (Lipinski definition) is 1. The Balaban J connectivity index is 0.000000293. The molecular formula is C12H18N2. The maximum atomic E-state index is 4.15. The van der Waals surface area contributed by atoms with Gasteiger partial charge in [-0.2, -0.15) is 5.10 Å². The highest BCUT2D eigenvalue weighted by molar-refractivity contribution is 5.79. The summed E-state index contributed by atoms with van der Waals surface area (Å²) < 4.78 is 1.88. The van der Waals surface area contributed by atoms with Crippen molar-refractivity contribution in [2.24, 2.45) is 7.05 Å². The molecule has 1 heterocycles. The van der Waals surface area contributed by atoms with Gasteiger partial charge < -0.3 is 0 Å². The second-order valence-electron chi connectivity index (χ2n) is 3.54. The van der Waals surface area contributed by atoms with E-state index in [1.165, 1.54) is 22.9 Å².